The summed E-state index contributed by atoms with van der Waals surface area (Å²) in [7, 11) is 0. The van der Waals surface area contributed by atoms with E-state index in [1.54, 1.807) is 48.8 Å². The van der Waals surface area contributed by atoms with E-state index < -0.39 is 0 Å². The summed E-state index contributed by atoms with van der Waals surface area (Å²) in [6.07, 6.45) is 3.98. The average Bonchev–Trinajstić information content (AvgIpc) is 2.74. The fourth-order valence-electron chi connectivity index (χ4n) is 2.63. The molecule has 2 amide bonds. The van der Waals surface area contributed by atoms with Crippen LogP contribution in [0.15, 0.2) is 73.1 Å². The number of aromatic nitrogens is 1. The molecule has 0 bridgehead atoms. The number of carbonyl (C=O) groups is 2. The van der Waals surface area contributed by atoms with E-state index in [-0.39, 0.29) is 17.6 Å². The van der Waals surface area contributed by atoms with Crippen LogP contribution < -0.4 is 10.6 Å². The SMILES string of the molecule is O=C(NCCc1ccc(F)cc1)c1ccc(C(=O)NCc2cccnc2)cc1. The molecular weight excluding hydrogens is 357 g/mol. The highest BCUT2D eigenvalue weighted by atomic mass is 19.1. The minimum Gasteiger partial charge on any atom is -0.352 e. The maximum Gasteiger partial charge on any atom is 0.251 e. The average molecular weight is 377 g/mol. The Bertz CT molecular complexity index is 926. The van der Waals surface area contributed by atoms with Gasteiger partial charge < -0.3 is 10.6 Å². The maximum atomic E-state index is 12.9. The normalized spacial score (nSPS) is 10.3. The fraction of sp³-hybridized carbons (Fsp3) is 0.136. The topological polar surface area (TPSA) is 71.1 Å². The number of pyridine rings is 1. The summed E-state index contributed by atoms with van der Waals surface area (Å²) in [5.41, 5.74) is 2.81. The van der Waals surface area contributed by atoms with Crippen molar-refractivity contribution >= 4 is 11.8 Å². The van der Waals surface area contributed by atoms with Gasteiger partial charge in [-0.25, -0.2) is 4.39 Å². The number of hydrogen-bond donors (Lipinski definition) is 2. The largest absolute Gasteiger partial charge is 0.352 e. The Kier molecular flexibility index (Phi) is 6.46. The van der Waals surface area contributed by atoms with Crippen LogP contribution in [0.3, 0.4) is 0 Å². The van der Waals surface area contributed by atoms with Crippen molar-refractivity contribution in [2.75, 3.05) is 6.54 Å². The first-order chi connectivity index (χ1) is 13.6. The van der Waals surface area contributed by atoms with E-state index in [9.17, 15) is 14.0 Å². The zero-order valence-corrected chi connectivity index (χ0v) is 15.2. The molecule has 3 aromatic rings. The van der Waals surface area contributed by atoms with Crippen molar-refractivity contribution in [2.45, 2.75) is 13.0 Å². The second kappa shape index (κ2) is 9.41. The van der Waals surface area contributed by atoms with Gasteiger partial charge in [0, 0.05) is 36.6 Å². The lowest BCUT2D eigenvalue weighted by Gasteiger charge is -2.08. The second-order valence-electron chi connectivity index (χ2n) is 6.25. The lowest BCUT2D eigenvalue weighted by Crippen LogP contribution is -2.26. The van der Waals surface area contributed by atoms with Gasteiger partial charge in [-0.05, 0) is 60.0 Å². The molecule has 0 radical (unpaired) electrons. The Labute approximate surface area is 162 Å². The highest BCUT2D eigenvalue weighted by Crippen LogP contribution is 2.06. The van der Waals surface area contributed by atoms with E-state index >= 15 is 0 Å². The van der Waals surface area contributed by atoms with Crippen LogP contribution in [-0.2, 0) is 13.0 Å². The van der Waals surface area contributed by atoms with Gasteiger partial charge in [0.05, 0.1) is 0 Å². The van der Waals surface area contributed by atoms with E-state index in [2.05, 4.69) is 15.6 Å². The van der Waals surface area contributed by atoms with Gasteiger partial charge in [-0.2, -0.15) is 0 Å². The zero-order valence-electron chi connectivity index (χ0n) is 15.2. The van der Waals surface area contributed by atoms with Crippen LogP contribution in [0.2, 0.25) is 0 Å². The molecule has 28 heavy (non-hydrogen) atoms. The number of benzene rings is 2. The summed E-state index contributed by atoms with van der Waals surface area (Å²) in [6.45, 7) is 0.829. The van der Waals surface area contributed by atoms with Gasteiger partial charge in [0.1, 0.15) is 5.82 Å². The van der Waals surface area contributed by atoms with Crippen LogP contribution in [0.1, 0.15) is 31.8 Å². The number of hydrogen-bond acceptors (Lipinski definition) is 3. The Morgan fingerprint density at radius 1 is 0.821 bits per heavy atom. The van der Waals surface area contributed by atoms with Gasteiger partial charge in [-0.3, -0.25) is 14.6 Å². The van der Waals surface area contributed by atoms with Gasteiger partial charge in [0.15, 0.2) is 0 Å². The van der Waals surface area contributed by atoms with Crippen LogP contribution in [0, 0.1) is 5.82 Å². The molecule has 3 rings (SSSR count). The van der Waals surface area contributed by atoms with E-state index in [4.69, 9.17) is 0 Å². The van der Waals surface area contributed by atoms with Crippen LogP contribution in [0.4, 0.5) is 4.39 Å². The van der Waals surface area contributed by atoms with Crippen molar-refractivity contribution in [3.63, 3.8) is 0 Å². The standard InChI is InChI=1S/C22H20FN3O2/c23-20-9-3-16(4-10-20)11-13-25-21(27)18-5-7-19(8-6-18)22(28)26-15-17-2-1-12-24-14-17/h1-10,12,14H,11,13,15H2,(H,25,27)(H,26,28). The van der Waals surface area contributed by atoms with Crippen molar-refractivity contribution in [1.82, 2.24) is 15.6 Å². The Hall–Kier alpha value is -3.54. The number of nitrogens with zero attached hydrogens (tertiary/aromatic N) is 1. The van der Waals surface area contributed by atoms with Gasteiger partial charge in [0.25, 0.3) is 11.8 Å². The van der Waals surface area contributed by atoms with E-state index in [1.165, 1.54) is 12.1 Å². The van der Waals surface area contributed by atoms with E-state index in [0.29, 0.717) is 30.6 Å². The Morgan fingerprint density at radius 3 is 2.07 bits per heavy atom. The predicted molar refractivity (Wildman–Crippen MR) is 104 cm³/mol. The molecule has 5 nitrogen and oxygen atoms in total. The third-order valence-corrected chi connectivity index (χ3v) is 4.20. The molecule has 1 heterocycles. The van der Waals surface area contributed by atoms with Gasteiger partial charge in [0.2, 0.25) is 0 Å². The molecule has 0 aliphatic carbocycles. The smallest absolute Gasteiger partial charge is 0.251 e. The predicted octanol–water partition coefficient (Wildman–Crippen LogP) is 3.12. The highest BCUT2D eigenvalue weighted by molar-refractivity contribution is 5.97. The van der Waals surface area contributed by atoms with E-state index in [0.717, 1.165) is 11.1 Å². The van der Waals surface area contributed by atoms with Crippen molar-refractivity contribution in [2.24, 2.45) is 0 Å². The number of halogens is 1. The second-order valence-corrected chi connectivity index (χ2v) is 6.25. The Morgan fingerprint density at radius 2 is 1.46 bits per heavy atom. The molecule has 0 spiro atoms. The minimum absolute atomic E-state index is 0.216. The van der Waals surface area contributed by atoms with Crippen LogP contribution in [0.5, 0.6) is 0 Å². The van der Waals surface area contributed by atoms with Crippen LogP contribution in [-0.4, -0.2) is 23.3 Å². The highest BCUT2D eigenvalue weighted by Gasteiger charge is 2.09. The third kappa shape index (κ3) is 5.48. The summed E-state index contributed by atoms with van der Waals surface area (Å²) < 4.78 is 12.9. The molecule has 6 heteroatoms. The molecular formula is C22H20FN3O2. The molecule has 0 saturated heterocycles. The van der Waals surface area contributed by atoms with Crippen molar-refractivity contribution < 1.29 is 14.0 Å². The summed E-state index contributed by atoms with van der Waals surface area (Å²) in [5, 5.41) is 5.63. The number of amides is 2. The number of carbonyl (C=O) groups excluding carboxylic acids is 2. The van der Waals surface area contributed by atoms with Crippen LogP contribution in [0.25, 0.3) is 0 Å². The monoisotopic (exact) mass is 377 g/mol. The van der Waals surface area contributed by atoms with E-state index in [1.807, 2.05) is 12.1 Å². The van der Waals surface area contributed by atoms with Crippen molar-refractivity contribution in [3.05, 3.63) is 101 Å². The molecule has 0 unspecified atom stereocenters. The first-order valence-electron chi connectivity index (χ1n) is 8.91. The molecule has 0 atom stereocenters. The summed E-state index contributed by atoms with van der Waals surface area (Å²) in [5.74, 6) is -0.714. The number of rotatable bonds is 7. The molecule has 0 fully saturated rings. The summed E-state index contributed by atoms with van der Waals surface area (Å²) >= 11 is 0. The maximum absolute atomic E-state index is 12.9. The van der Waals surface area contributed by atoms with Gasteiger partial charge in [-0.15, -0.1) is 0 Å². The van der Waals surface area contributed by atoms with Crippen LogP contribution >= 0.6 is 0 Å². The zero-order chi connectivity index (χ0) is 19.8. The lowest BCUT2D eigenvalue weighted by molar-refractivity contribution is 0.0940. The van der Waals surface area contributed by atoms with Crippen molar-refractivity contribution in [1.29, 1.82) is 0 Å². The first kappa shape index (κ1) is 19.2. The van der Waals surface area contributed by atoms with Gasteiger partial charge in [-0.1, -0.05) is 18.2 Å². The fourth-order valence-corrected chi connectivity index (χ4v) is 2.63. The summed E-state index contributed by atoms with van der Waals surface area (Å²) in [4.78, 5) is 28.4. The molecule has 0 saturated carbocycles. The van der Waals surface area contributed by atoms with Gasteiger partial charge >= 0.3 is 0 Å². The molecule has 0 aliphatic heterocycles. The lowest BCUT2D eigenvalue weighted by atomic mass is 10.1. The minimum atomic E-state index is -0.280. The number of nitrogens with one attached hydrogen (secondary N) is 2. The molecule has 0 aliphatic rings. The molecule has 2 N–H and O–H groups in total. The van der Waals surface area contributed by atoms with Crippen molar-refractivity contribution in [3.8, 4) is 0 Å². The quantitative estimate of drug-likeness (QED) is 0.665. The third-order valence-electron chi connectivity index (χ3n) is 4.20. The molecule has 142 valence electrons. The summed E-state index contributed by atoms with van der Waals surface area (Å²) in [6, 6.07) is 16.3. The molecule has 2 aromatic carbocycles. The molecule has 1 aromatic heterocycles. The first-order valence-corrected chi connectivity index (χ1v) is 8.91. The Balaban J connectivity index is 1.48.